The summed E-state index contributed by atoms with van der Waals surface area (Å²) < 4.78 is 19.1. The van der Waals surface area contributed by atoms with Gasteiger partial charge in [-0.3, -0.25) is 4.90 Å². The van der Waals surface area contributed by atoms with Crippen molar-refractivity contribution in [2.24, 2.45) is 0 Å². The van der Waals surface area contributed by atoms with Crippen LogP contribution >= 0.6 is 11.8 Å². The first-order chi connectivity index (χ1) is 17.0. The summed E-state index contributed by atoms with van der Waals surface area (Å²) >= 11 is 1.65. The standard InChI is InChI=1S/C27H23FN4O2S/c1-17-23(26-30-25(31-34-26)20-8-12-21(28)13-9-20)24(19-10-14-22(35-2)15-11-19)29-27(33)32(17)16-18-6-4-3-5-7-18/h3-15,24H,16H2,1-2H3,(H,29,33). The highest BCUT2D eigenvalue weighted by molar-refractivity contribution is 7.98. The molecular formula is C27H23FN4O2S. The van der Waals surface area contributed by atoms with E-state index >= 15 is 0 Å². The number of nitrogens with zero attached hydrogens (tertiary/aromatic N) is 3. The van der Waals surface area contributed by atoms with Gasteiger partial charge in [-0.05, 0) is 60.7 Å². The number of halogens is 1. The Labute approximate surface area is 206 Å². The van der Waals surface area contributed by atoms with E-state index in [-0.39, 0.29) is 11.8 Å². The van der Waals surface area contributed by atoms with Crippen LogP contribution in [0.1, 0.15) is 30.0 Å². The van der Waals surface area contributed by atoms with E-state index in [1.807, 2.05) is 67.8 Å². The van der Waals surface area contributed by atoms with Crippen LogP contribution in [-0.4, -0.2) is 27.3 Å². The third kappa shape index (κ3) is 4.70. The van der Waals surface area contributed by atoms with Gasteiger partial charge >= 0.3 is 6.03 Å². The molecule has 0 radical (unpaired) electrons. The van der Waals surface area contributed by atoms with Gasteiger partial charge in [-0.1, -0.05) is 47.6 Å². The van der Waals surface area contributed by atoms with Gasteiger partial charge in [0, 0.05) is 16.2 Å². The van der Waals surface area contributed by atoms with Crippen molar-refractivity contribution < 1.29 is 13.7 Å². The molecule has 0 fully saturated rings. The number of hydrogen-bond acceptors (Lipinski definition) is 5. The minimum absolute atomic E-state index is 0.202. The van der Waals surface area contributed by atoms with Crippen LogP contribution in [0.4, 0.5) is 9.18 Å². The van der Waals surface area contributed by atoms with Gasteiger partial charge in [0.1, 0.15) is 5.82 Å². The van der Waals surface area contributed by atoms with E-state index in [0.29, 0.717) is 23.8 Å². The van der Waals surface area contributed by atoms with Crippen molar-refractivity contribution in [3.05, 3.63) is 107 Å². The topological polar surface area (TPSA) is 71.3 Å². The quantitative estimate of drug-likeness (QED) is 0.324. The number of urea groups is 1. The highest BCUT2D eigenvalue weighted by Gasteiger charge is 2.35. The molecule has 8 heteroatoms. The molecule has 2 amide bonds. The van der Waals surface area contributed by atoms with Crippen molar-refractivity contribution in [2.75, 3.05) is 6.26 Å². The molecule has 0 saturated heterocycles. The van der Waals surface area contributed by atoms with E-state index < -0.39 is 6.04 Å². The molecule has 1 aliphatic rings. The van der Waals surface area contributed by atoms with Crippen LogP contribution in [0.5, 0.6) is 0 Å². The second kappa shape index (κ2) is 9.76. The van der Waals surface area contributed by atoms with Crippen LogP contribution in [0.2, 0.25) is 0 Å². The molecule has 0 saturated carbocycles. The Hall–Kier alpha value is -3.91. The van der Waals surface area contributed by atoms with Crippen LogP contribution in [0, 0.1) is 5.82 Å². The predicted octanol–water partition coefficient (Wildman–Crippen LogP) is 6.30. The number of allylic oxidation sites excluding steroid dienone is 1. The molecule has 0 bridgehead atoms. The second-order valence-electron chi connectivity index (χ2n) is 8.16. The van der Waals surface area contributed by atoms with Gasteiger partial charge in [-0.2, -0.15) is 4.98 Å². The van der Waals surface area contributed by atoms with Crippen molar-refractivity contribution in [2.45, 2.75) is 24.4 Å². The normalized spacial score (nSPS) is 15.9. The smallest absolute Gasteiger partial charge is 0.322 e. The monoisotopic (exact) mass is 486 g/mol. The highest BCUT2D eigenvalue weighted by Crippen LogP contribution is 2.38. The Morgan fingerprint density at radius 3 is 2.43 bits per heavy atom. The van der Waals surface area contributed by atoms with E-state index in [2.05, 4.69) is 15.5 Å². The largest absolute Gasteiger partial charge is 0.334 e. The van der Waals surface area contributed by atoms with E-state index in [4.69, 9.17) is 4.52 Å². The summed E-state index contributed by atoms with van der Waals surface area (Å²) in [5, 5.41) is 7.25. The molecule has 5 rings (SSSR count). The Balaban J connectivity index is 1.58. The number of nitrogens with one attached hydrogen (secondary N) is 1. The fourth-order valence-electron chi connectivity index (χ4n) is 4.11. The second-order valence-corrected chi connectivity index (χ2v) is 9.04. The van der Waals surface area contributed by atoms with E-state index in [1.165, 1.54) is 12.1 Å². The van der Waals surface area contributed by atoms with Gasteiger partial charge in [0.2, 0.25) is 5.82 Å². The van der Waals surface area contributed by atoms with Crippen molar-refractivity contribution in [1.82, 2.24) is 20.4 Å². The van der Waals surface area contributed by atoms with Gasteiger partial charge in [0.25, 0.3) is 5.89 Å². The predicted molar refractivity (Wildman–Crippen MR) is 134 cm³/mol. The molecule has 1 aliphatic heterocycles. The zero-order valence-electron chi connectivity index (χ0n) is 19.2. The van der Waals surface area contributed by atoms with E-state index in [0.717, 1.165) is 27.3 Å². The number of aromatic nitrogens is 2. The van der Waals surface area contributed by atoms with Gasteiger partial charge in [0.05, 0.1) is 18.2 Å². The van der Waals surface area contributed by atoms with Gasteiger partial charge in [-0.25, -0.2) is 9.18 Å². The van der Waals surface area contributed by atoms with Gasteiger partial charge < -0.3 is 9.84 Å². The number of hydrogen-bond donors (Lipinski definition) is 1. The lowest BCUT2D eigenvalue weighted by atomic mass is 9.94. The van der Waals surface area contributed by atoms with Crippen molar-refractivity contribution in [3.8, 4) is 11.4 Å². The lowest BCUT2D eigenvalue weighted by molar-refractivity contribution is 0.203. The number of carbonyl (C=O) groups is 1. The van der Waals surface area contributed by atoms with Crippen molar-refractivity contribution in [3.63, 3.8) is 0 Å². The van der Waals surface area contributed by atoms with E-state index in [9.17, 15) is 9.18 Å². The van der Waals surface area contributed by atoms with Crippen LogP contribution in [0.15, 0.2) is 94.0 Å². The molecule has 0 spiro atoms. The SMILES string of the molecule is CSc1ccc(C2NC(=O)N(Cc3ccccc3)C(C)=C2c2nc(-c3ccc(F)cc3)no2)cc1. The number of amides is 2. The average molecular weight is 487 g/mol. The van der Waals surface area contributed by atoms with Crippen LogP contribution in [0.25, 0.3) is 17.0 Å². The first-order valence-electron chi connectivity index (χ1n) is 11.1. The molecule has 35 heavy (non-hydrogen) atoms. The van der Waals surface area contributed by atoms with Crippen molar-refractivity contribution in [1.29, 1.82) is 0 Å². The average Bonchev–Trinajstić information content (AvgIpc) is 3.37. The number of thioether (sulfide) groups is 1. The first kappa shape index (κ1) is 22.9. The summed E-state index contributed by atoms with van der Waals surface area (Å²) in [4.78, 5) is 20.7. The molecular weight excluding hydrogens is 463 g/mol. The van der Waals surface area contributed by atoms with Crippen LogP contribution < -0.4 is 5.32 Å². The van der Waals surface area contributed by atoms with Crippen LogP contribution in [-0.2, 0) is 6.54 Å². The lowest BCUT2D eigenvalue weighted by Gasteiger charge is -2.35. The molecule has 1 atom stereocenters. The van der Waals surface area contributed by atoms with Gasteiger partial charge in [0.15, 0.2) is 0 Å². The highest BCUT2D eigenvalue weighted by atomic mass is 32.2. The zero-order valence-corrected chi connectivity index (χ0v) is 20.1. The maximum Gasteiger partial charge on any atom is 0.322 e. The third-order valence-corrected chi connectivity index (χ3v) is 6.73. The molecule has 1 N–H and O–H groups in total. The molecule has 2 heterocycles. The number of carbonyl (C=O) groups excluding carboxylic acids is 1. The summed E-state index contributed by atoms with van der Waals surface area (Å²) in [6, 6.07) is 23.1. The Bertz CT molecular complexity index is 1370. The Morgan fingerprint density at radius 2 is 1.74 bits per heavy atom. The molecule has 4 aromatic rings. The maximum absolute atomic E-state index is 13.4. The summed E-state index contributed by atoms with van der Waals surface area (Å²) in [7, 11) is 0. The first-order valence-corrected chi connectivity index (χ1v) is 12.3. The summed E-state index contributed by atoms with van der Waals surface area (Å²) in [6.07, 6.45) is 2.02. The third-order valence-electron chi connectivity index (χ3n) is 5.99. The molecule has 176 valence electrons. The fraction of sp³-hybridized carbons (Fsp3) is 0.148. The van der Waals surface area contributed by atoms with Crippen LogP contribution in [0.3, 0.4) is 0 Å². The van der Waals surface area contributed by atoms with Gasteiger partial charge in [-0.15, -0.1) is 11.8 Å². The Morgan fingerprint density at radius 1 is 1.03 bits per heavy atom. The van der Waals surface area contributed by atoms with E-state index in [1.54, 1.807) is 28.8 Å². The number of benzene rings is 3. The maximum atomic E-state index is 13.4. The molecule has 3 aromatic carbocycles. The summed E-state index contributed by atoms with van der Waals surface area (Å²) in [5.74, 6) is 0.318. The Kier molecular flexibility index (Phi) is 6.37. The van der Waals surface area contributed by atoms with Crippen molar-refractivity contribution >= 4 is 23.4 Å². The molecule has 1 aromatic heterocycles. The molecule has 0 aliphatic carbocycles. The summed E-state index contributed by atoms with van der Waals surface area (Å²) in [6.45, 7) is 2.29. The number of rotatable bonds is 6. The lowest BCUT2D eigenvalue weighted by Crippen LogP contribution is -2.45. The minimum Gasteiger partial charge on any atom is -0.334 e. The molecule has 1 unspecified atom stereocenters. The fourth-order valence-corrected chi connectivity index (χ4v) is 4.52. The minimum atomic E-state index is -0.466. The zero-order chi connectivity index (χ0) is 24.4. The summed E-state index contributed by atoms with van der Waals surface area (Å²) in [5.41, 5.74) is 4.00. The molecule has 6 nitrogen and oxygen atoms in total.